The molecule has 2 N–H and O–H groups in total. The fourth-order valence-corrected chi connectivity index (χ4v) is 4.04. The van der Waals surface area contributed by atoms with Gasteiger partial charge < -0.3 is 10.1 Å². The van der Waals surface area contributed by atoms with Crippen LogP contribution in [-0.4, -0.2) is 27.5 Å². The Morgan fingerprint density at radius 3 is 2.14 bits per heavy atom. The summed E-state index contributed by atoms with van der Waals surface area (Å²) in [7, 11) is -2.33. The molecule has 2 aromatic carbocycles. The lowest BCUT2D eigenvalue weighted by atomic mass is 10.0. The van der Waals surface area contributed by atoms with Gasteiger partial charge in [0, 0.05) is 0 Å². The van der Waals surface area contributed by atoms with E-state index in [2.05, 4.69) is 10.0 Å². The van der Waals surface area contributed by atoms with Crippen LogP contribution in [0.2, 0.25) is 0 Å². The molecule has 0 spiro atoms. The molecule has 2 rings (SSSR count). The van der Waals surface area contributed by atoms with E-state index in [4.69, 9.17) is 4.74 Å². The molecule has 0 aliphatic heterocycles. The smallest absolute Gasteiger partial charge is 0.241 e. The first-order valence-electron chi connectivity index (χ1n) is 9.24. The first-order chi connectivity index (χ1) is 13.2. The number of amides is 1. The Bertz CT molecular complexity index is 865. The molecule has 6 nitrogen and oxygen atoms in total. The molecule has 0 radical (unpaired) electrons. The summed E-state index contributed by atoms with van der Waals surface area (Å²) in [6, 6.07) is 14.5. The van der Waals surface area contributed by atoms with Gasteiger partial charge in [-0.25, -0.2) is 8.42 Å². The van der Waals surface area contributed by atoms with Crippen molar-refractivity contribution in [3.63, 3.8) is 0 Å². The van der Waals surface area contributed by atoms with Crippen LogP contribution in [0, 0.1) is 5.92 Å². The van der Waals surface area contributed by atoms with Crippen LogP contribution >= 0.6 is 0 Å². The van der Waals surface area contributed by atoms with E-state index in [1.807, 2.05) is 51.1 Å². The average Bonchev–Trinajstić information content (AvgIpc) is 2.67. The minimum absolute atomic E-state index is 0.0889. The van der Waals surface area contributed by atoms with Crippen molar-refractivity contribution in [1.29, 1.82) is 0 Å². The Morgan fingerprint density at radius 1 is 1.00 bits per heavy atom. The van der Waals surface area contributed by atoms with Crippen molar-refractivity contribution >= 4 is 15.9 Å². The van der Waals surface area contributed by atoms with Crippen LogP contribution in [0.4, 0.5) is 0 Å². The van der Waals surface area contributed by atoms with E-state index in [1.165, 1.54) is 19.2 Å². The second kappa shape index (κ2) is 9.71. The van der Waals surface area contributed by atoms with Gasteiger partial charge in [0.15, 0.2) is 0 Å². The van der Waals surface area contributed by atoms with E-state index >= 15 is 0 Å². The number of sulfonamides is 1. The van der Waals surface area contributed by atoms with Gasteiger partial charge in [-0.2, -0.15) is 4.72 Å². The predicted molar refractivity (Wildman–Crippen MR) is 110 cm³/mol. The van der Waals surface area contributed by atoms with E-state index in [-0.39, 0.29) is 22.8 Å². The topological polar surface area (TPSA) is 84.5 Å². The summed E-state index contributed by atoms with van der Waals surface area (Å²) in [6.07, 6.45) is 0.392. The SMILES string of the molecule is COc1ccc(S(=O)(=O)NC(CC(C)C)C(=O)NC(C)c2ccccc2)cc1. The summed E-state index contributed by atoms with van der Waals surface area (Å²) < 4.78 is 33.1. The zero-order valence-corrected chi connectivity index (χ0v) is 17.5. The number of carbonyl (C=O) groups is 1. The fourth-order valence-electron chi connectivity index (χ4n) is 2.83. The second-order valence-corrected chi connectivity index (χ2v) is 8.83. The molecule has 152 valence electrons. The van der Waals surface area contributed by atoms with Gasteiger partial charge in [0.1, 0.15) is 11.8 Å². The zero-order valence-electron chi connectivity index (χ0n) is 16.7. The lowest BCUT2D eigenvalue weighted by Gasteiger charge is -2.23. The first-order valence-corrected chi connectivity index (χ1v) is 10.7. The van der Waals surface area contributed by atoms with Gasteiger partial charge >= 0.3 is 0 Å². The molecule has 2 unspecified atom stereocenters. The molecule has 0 saturated heterocycles. The van der Waals surface area contributed by atoms with Gasteiger partial charge in [0.2, 0.25) is 15.9 Å². The summed E-state index contributed by atoms with van der Waals surface area (Å²) in [5.41, 5.74) is 0.956. The Hall–Kier alpha value is -2.38. The monoisotopic (exact) mass is 404 g/mol. The van der Waals surface area contributed by atoms with Crippen LogP contribution in [0.3, 0.4) is 0 Å². The quantitative estimate of drug-likeness (QED) is 0.672. The van der Waals surface area contributed by atoms with Crippen LogP contribution in [0.15, 0.2) is 59.5 Å². The Labute approximate surface area is 167 Å². The highest BCUT2D eigenvalue weighted by molar-refractivity contribution is 7.89. The summed E-state index contributed by atoms with van der Waals surface area (Å²) in [4.78, 5) is 12.9. The molecule has 0 fully saturated rings. The van der Waals surface area contributed by atoms with Crippen molar-refractivity contribution in [2.45, 2.75) is 44.2 Å². The summed E-state index contributed by atoms with van der Waals surface area (Å²) >= 11 is 0. The Kier molecular flexibility index (Phi) is 7.60. The van der Waals surface area contributed by atoms with E-state index in [1.54, 1.807) is 12.1 Å². The predicted octanol–water partition coefficient (Wildman–Crippen LogP) is 3.27. The van der Waals surface area contributed by atoms with Gasteiger partial charge in [-0.15, -0.1) is 0 Å². The Balaban J connectivity index is 2.16. The number of methoxy groups -OCH3 is 1. The summed E-state index contributed by atoms with van der Waals surface area (Å²) in [6.45, 7) is 5.77. The number of ether oxygens (including phenoxy) is 1. The number of hydrogen-bond donors (Lipinski definition) is 2. The van der Waals surface area contributed by atoms with Crippen molar-refractivity contribution in [2.75, 3.05) is 7.11 Å². The molecule has 0 aromatic heterocycles. The van der Waals surface area contributed by atoms with Gasteiger partial charge in [0.25, 0.3) is 0 Å². The number of nitrogens with one attached hydrogen (secondary N) is 2. The molecule has 2 aromatic rings. The maximum absolute atomic E-state index is 12.8. The number of benzene rings is 2. The highest BCUT2D eigenvalue weighted by Crippen LogP contribution is 2.18. The minimum Gasteiger partial charge on any atom is -0.497 e. The van der Waals surface area contributed by atoms with Gasteiger partial charge in [-0.3, -0.25) is 4.79 Å². The number of rotatable bonds is 9. The summed E-state index contributed by atoms with van der Waals surface area (Å²) in [5.74, 6) is 0.357. The van der Waals surface area contributed by atoms with Crippen molar-refractivity contribution in [2.24, 2.45) is 5.92 Å². The molecular formula is C21H28N2O4S. The highest BCUT2D eigenvalue weighted by atomic mass is 32.2. The average molecular weight is 405 g/mol. The fraction of sp³-hybridized carbons (Fsp3) is 0.381. The van der Waals surface area contributed by atoms with E-state index in [9.17, 15) is 13.2 Å². The van der Waals surface area contributed by atoms with Crippen molar-refractivity contribution in [3.05, 3.63) is 60.2 Å². The van der Waals surface area contributed by atoms with Gasteiger partial charge in [-0.1, -0.05) is 44.2 Å². The minimum atomic E-state index is -3.84. The molecule has 0 heterocycles. The lowest BCUT2D eigenvalue weighted by molar-refractivity contribution is -0.123. The van der Waals surface area contributed by atoms with E-state index < -0.39 is 16.1 Å². The zero-order chi connectivity index (χ0) is 20.7. The molecule has 0 saturated carbocycles. The maximum atomic E-state index is 12.8. The molecule has 0 bridgehead atoms. The third kappa shape index (κ3) is 6.07. The largest absolute Gasteiger partial charge is 0.497 e. The van der Waals surface area contributed by atoms with Crippen LogP contribution in [0.1, 0.15) is 38.8 Å². The maximum Gasteiger partial charge on any atom is 0.241 e. The van der Waals surface area contributed by atoms with Crippen LogP contribution in [-0.2, 0) is 14.8 Å². The van der Waals surface area contributed by atoms with E-state index in [0.717, 1.165) is 5.56 Å². The first kappa shape index (κ1) is 21.9. The summed E-state index contributed by atoms with van der Waals surface area (Å²) in [5, 5.41) is 2.91. The van der Waals surface area contributed by atoms with E-state index in [0.29, 0.717) is 12.2 Å². The molecule has 0 aliphatic rings. The normalized spacial score (nSPS) is 13.8. The van der Waals surface area contributed by atoms with Crippen molar-refractivity contribution in [3.8, 4) is 5.75 Å². The van der Waals surface area contributed by atoms with Crippen molar-refractivity contribution in [1.82, 2.24) is 10.0 Å². The standard InChI is InChI=1S/C21H28N2O4S/c1-15(2)14-20(21(24)22-16(3)17-8-6-5-7-9-17)23-28(25,26)19-12-10-18(27-4)11-13-19/h5-13,15-16,20,23H,14H2,1-4H3,(H,22,24). The molecule has 28 heavy (non-hydrogen) atoms. The Morgan fingerprint density at radius 2 is 1.61 bits per heavy atom. The van der Waals surface area contributed by atoms with Crippen LogP contribution < -0.4 is 14.8 Å². The highest BCUT2D eigenvalue weighted by Gasteiger charge is 2.27. The third-order valence-corrected chi connectivity index (χ3v) is 5.84. The number of hydrogen-bond acceptors (Lipinski definition) is 4. The molecule has 1 amide bonds. The molecule has 7 heteroatoms. The van der Waals surface area contributed by atoms with Crippen molar-refractivity contribution < 1.29 is 17.9 Å². The third-order valence-electron chi connectivity index (χ3n) is 4.35. The molecule has 2 atom stereocenters. The number of carbonyl (C=O) groups excluding carboxylic acids is 1. The van der Waals surface area contributed by atoms with Crippen LogP contribution in [0.5, 0.6) is 5.75 Å². The lowest BCUT2D eigenvalue weighted by Crippen LogP contribution is -2.47. The van der Waals surface area contributed by atoms with Gasteiger partial charge in [0.05, 0.1) is 18.0 Å². The molecule has 0 aliphatic carbocycles. The van der Waals surface area contributed by atoms with Crippen LogP contribution in [0.25, 0.3) is 0 Å². The van der Waals surface area contributed by atoms with Gasteiger partial charge in [-0.05, 0) is 49.1 Å². The molecular weight excluding hydrogens is 376 g/mol. The second-order valence-electron chi connectivity index (χ2n) is 7.12.